The van der Waals surface area contributed by atoms with Crippen molar-refractivity contribution in [3.05, 3.63) is 396 Å². The number of nitrogens with zero attached hydrogens (tertiary/aromatic N) is 2. The number of aryl methyl sites for hydroxylation is 2. The van der Waals surface area contributed by atoms with Gasteiger partial charge in [-0.05, 0) is 248 Å². The number of terminal acetylenes is 4. The van der Waals surface area contributed by atoms with E-state index in [0.717, 1.165) is 72.4 Å². The summed E-state index contributed by atoms with van der Waals surface area (Å²) in [5.74, 6) is 19.4. The van der Waals surface area contributed by atoms with Gasteiger partial charge in [0.2, 0.25) is 0 Å². The normalized spacial score (nSPS) is 9.35. The Morgan fingerprint density at radius 3 is 0.960 bits per heavy atom. The van der Waals surface area contributed by atoms with Crippen molar-refractivity contribution in [3.8, 4) is 84.1 Å². The van der Waals surface area contributed by atoms with E-state index in [2.05, 4.69) is 225 Å². The number of carboxylic acids is 2. The maximum Gasteiger partial charge on any atom is 0.337 e. The zero-order valence-corrected chi connectivity index (χ0v) is 82.3. The number of nitro groups is 2. The maximum atomic E-state index is 11.4. The van der Waals surface area contributed by atoms with Gasteiger partial charge >= 0.3 is 23.9 Å². The molecule has 0 bridgehead atoms. The predicted molar refractivity (Wildman–Crippen MR) is 534 cm³/mol. The van der Waals surface area contributed by atoms with Gasteiger partial charge in [-0.1, -0.05) is 250 Å². The van der Waals surface area contributed by atoms with E-state index in [1.807, 2.05) is 129 Å². The van der Waals surface area contributed by atoms with E-state index in [4.69, 9.17) is 47.5 Å². The van der Waals surface area contributed by atoms with Crippen LogP contribution in [0.3, 0.4) is 0 Å². The molecular weight excluding hydrogens is 2080 g/mol. The van der Waals surface area contributed by atoms with Crippen LogP contribution in [0.25, 0.3) is 5.03 Å². The van der Waals surface area contributed by atoms with Crippen molar-refractivity contribution in [2.24, 2.45) is 0 Å². The molecule has 0 fully saturated rings. The molecule has 15 nitrogen and oxygen atoms in total. The zero-order valence-electron chi connectivity index (χ0n) is 68.5. The molecule has 0 spiro atoms. The molecule has 0 saturated heterocycles. The monoisotopic (exact) mass is 2150 g/mol. The van der Waals surface area contributed by atoms with Gasteiger partial charge in [-0.3, -0.25) is 25.0 Å². The second kappa shape index (κ2) is 58.6. The third kappa shape index (κ3) is 46.1. The topological polar surface area (TPSA) is 231 Å². The first-order chi connectivity index (χ1) is 58.0. The molecule has 0 unspecified atom stereocenters. The van der Waals surface area contributed by atoms with E-state index in [-0.39, 0.29) is 36.1 Å². The molecule has 0 aliphatic heterocycles. The minimum Gasteiger partial charge on any atom is -0.478 e. The molecule has 11 aromatic carbocycles. The smallest absolute Gasteiger partial charge is 0.337 e. The van der Waals surface area contributed by atoms with Crippen molar-refractivity contribution in [2.75, 3.05) is 14.2 Å². The third-order valence-corrected chi connectivity index (χ3v) is 21.2. The molecule has 0 atom stereocenters. The van der Waals surface area contributed by atoms with Gasteiger partial charge in [-0.15, -0.1) is 36.8 Å². The average molecular weight is 2160 g/mol. The standard InChI is InChI=1S/C17H12BrNO4.C12H14O2Si.C11H13BrSi.C10H8O2.C9H6O2.C8H6BrCl.C8H7BrO.C8H5Br.C8H6.C7H5Br2NO2.CH4/c1-11-9-14(16(19(21)22)10-15(11)18)8-5-12-3-6-13(7-4-12)17(20)23-2;1-15(2,3)9-8-10-4-6-11(7-5-10)12(13)14;1-13(2,3)9-8-10-4-6-11(12)7-5-10;1-3-8-4-6-9(7-5-8)10(11)12-2;1-2-7-3-5-8(6-4-7)9(10)11;2*1-6(10)7-2-4-8(9)5-3-7;1-2-7-3-5-8(9)6-4-7;1-2-8-6-4-3-5-7-8;1-4-2-6(9)7(10(11)12)3-5(4)8;/h3-4,6-7,9-10H,1-2H3;4-7H,1-3H3,(H,13,14);4-7H,1-3H3;1,4-7H,2H3;1,3-6H,(H,10,11);2-5H,1H2;2-5H,1H3;1,3-6H;1,3-7H;2-3H,1H3;1H4. The number of esters is 2. The molecule has 0 aliphatic carbocycles. The minimum absolute atomic E-state index is 0. The molecule has 0 amide bonds. The highest BCUT2D eigenvalue weighted by atomic mass is 79.9. The number of carbonyl (C=O) groups excluding carboxylic acids is 3. The number of carboxylic acid groups (broad SMARTS) is 2. The van der Waals surface area contributed by atoms with E-state index >= 15 is 0 Å². The van der Waals surface area contributed by atoms with Gasteiger partial charge in [-0.25, -0.2) is 19.2 Å². The highest BCUT2D eigenvalue weighted by Gasteiger charge is 2.16. The molecule has 0 saturated carbocycles. The van der Waals surface area contributed by atoms with Crippen molar-refractivity contribution in [1.82, 2.24) is 0 Å². The van der Waals surface area contributed by atoms with Gasteiger partial charge < -0.3 is 19.7 Å². The molecule has 0 heterocycles. The summed E-state index contributed by atoms with van der Waals surface area (Å²) in [4.78, 5) is 74.7. The van der Waals surface area contributed by atoms with Crippen LogP contribution in [0, 0.1) is 118 Å². The molecular formula is C99H86Br7ClN2O13Si2. The molecule has 11 aromatic rings. The van der Waals surface area contributed by atoms with Crippen molar-refractivity contribution in [2.45, 2.75) is 67.5 Å². The lowest BCUT2D eigenvalue weighted by Crippen LogP contribution is -2.16. The van der Waals surface area contributed by atoms with Crippen molar-refractivity contribution < 1.29 is 53.5 Å². The van der Waals surface area contributed by atoms with Crippen LogP contribution in [0.2, 0.25) is 39.3 Å². The molecule has 25 heteroatoms. The summed E-state index contributed by atoms with van der Waals surface area (Å²) in [6.45, 7) is 22.1. The maximum absolute atomic E-state index is 11.4. The quantitative estimate of drug-likeness (QED) is 0.0360. The van der Waals surface area contributed by atoms with Gasteiger partial charge in [0, 0.05) is 88.5 Å². The molecule has 2 N–H and O–H groups in total. The Kier molecular flexibility index (Phi) is 52.2. The number of carbonyl (C=O) groups is 5. The van der Waals surface area contributed by atoms with Crippen LogP contribution < -0.4 is 0 Å². The van der Waals surface area contributed by atoms with Crippen molar-refractivity contribution in [3.63, 3.8) is 0 Å². The molecule has 11 rings (SSSR count). The number of hydrogen-bond donors (Lipinski definition) is 2. The Hall–Kier alpha value is -11.5. The number of rotatable bonds is 8. The second-order valence-corrected chi connectivity index (χ2v) is 43.0. The number of aromatic carboxylic acids is 2. The highest BCUT2D eigenvalue weighted by molar-refractivity contribution is 9.11. The lowest BCUT2D eigenvalue weighted by molar-refractivity contribution is -0.385. The second-order valence-electron chi connectivity index (χ2n) is 26.8. The van der Waals surface area contributed by atoms with Crippen LogP contribution in [-0.4, -0.2) is 80.1 Å². The Bertz CT molecular complexity index is 5750. The fraction of sp³-hybridized carbons (Fsp3) is 0.121. The molecule has 124 heavy (non-hydrogen) atoms. The van der Waals surface area contributed by atoms with Crippen LogP contribution in [0.1, 0.15) is 127 Å². The Balaban J connectivity index is 0.000000699. The lowest BCUT2D eigenvalue weighted by Gasteiger charge is -2.03. The summed E-state index contributed by atoms with van der Waals surface area (Å²) in [6.07, 6.45) is 20.5. The van der Waals surface area contributed by atoms with Gasteiger partial charge in [0.25, 0.3) is 11.4 Å². The van der Waals surface area contributed by atoms with Gasteiger partial charge in [0.15, 0.2) is 5.78 Å². The number of nitro benzene ring substituents is 2. The minimum atomic E-state index is -1.35. The Morgan fingerprint density at radius 2 is 0.661 bits per heavy atom. The zero-order chi connectivity index (χ0) is 92.5. The van der Waals surface area contributed by atoms with Gasteiger partial charge in [-0.2, -0.15) is 0 Å². The summed E-state index contributed by atoms with van der Waals surface area (Å²) in [6, 6.07) is 72.7. The van der Waals surface area contributed by atoms with Crippen molar-refractivity contribution >= 4 is 185 Å². The first-order valence-corrected chi connectivity index (χ1v) is 48.9. The van der Waals surface area contributed by atoms with E-state index in [9.17, 15) is 44.2 Å². The number of halogens is 8. The van der Waals surface area contributed by atoms with Gasteiger partial charge in [0.05, 0.1) is 50.8 Å². The first-order valence-electron chi connectivity index (χ1n) is 35.9. The van der Waals surface area contributed by atoms with Crippen molar-refractivity contribution in [1.29, 1.82) is 0 Å². The number of benzene rings is 11. The molecule has 634 valence electrons. The highest BCUT2D eigenvalue weighted by Crippen LogP contribution is 2.31. The summed E-state index contributed by atoms with van der Waals surface area (Å²) >= 11 is 28.6. The summed E-state index contributed by atoms with van der Waals surface area (Å²) in [5.41, 5.74) is 17.9. The number of methoxy groups -OCH3 is 2. The Labute approximate surface area is 792 Å². The predicted octanol–water partition coefficient (Wildman–Crippen LogP) is 27.4. The molecule has 0 radical (unpaired) electrons. The number of ether oxygens (including phenoxy) is 2. The summed E-state index contributed by atoms with van der Waals surface area (Å²) in [5, 5.41) is 39.3. The van der Waals surface area contributed by atoms with E-state index in [1.165, 1.54) is 38.5 Å². The fourth-order valence-corrected chi connectivity index (χ4v) is 11.8. The van der Waals surface area contributed by atoms with E-state index < -0.39 is 43.9 Å². The fourth-order valence-electron chi connectivity index (χ4n) is 8.32. The number of hydrogen-bond acceptors (Lipinski definition) is 11. The first kappa shape index (κ1) is 111. The Morgan fingerprint density at radius 1 is 0.387 bits per heavy atom. The summed E-state index contributed by atoms with van der Waals surface area (Å²) in [7, 11) is 0.0760. The molecule has 0 aromatic heterocycles. The van der Waals surface area contributed by atoms with Crippen LogP contribution in [0.15, 0.2) is 287 Å². The summed E-state index contributed by atoms with van der Waals surface area (Å²) < 4.78 is 15.3. The number of Topliss-reactive ketones (excluding diaryl/α,β-unsaturated/α-hetero) is 1. The lowest BCUT2D eigenvalue weighted by atomic mass is 10.1. The SMILES string of the molecule is C.C#Cc1ccc(Br)cc1.C#Cc1ccc(C(=O)O)cc1.C#Cc1ccc(C(=O)OC)cc1.C#Cc1ccccc1.C=C(Cl)c1ccc(Br)cc1.CC(=O)c1ccc(Br)cc1.COC(=O)c1ccc(C#Cc2cc(C)c(Br)cc2[N+](=O)[O-])cc1.C[Si](C)(C)C#Cc1ccc(Br)cc1.C[Si](C)(C)C#Cc1ccc(C(=O)O)cc1.Cc1cc(Br)c([N+](=O)[O-])cc1Br. The third-order valence-electron chi connectivity index (χ3n) is 14.8. The van der Waals surface area contributed by atoms with Gasteiger partial charge in [0.1, 0.15) is 21.7 Å². The van der Waals surface area contributed by atoms with Crippen LogP contribution in [0.5, 0.6) is 0 Å². The molecule has 0 aliphatic rings. The van der Waals surface area contributed by atoms with Crippen LogP contribution in [-0.2, 0) is 9.47 Å². The van der Waals surface area contributed by atoms with Crippen LogP contribution in [0.4, 0.5) is 11.4 Å². The number of ketones is 1. The van der Waals surface area contributed by atoms with E-state index in [0.29, 0.717) is 47.4 Å². The largest absolute Gasteiger partial charge is 0.478 e. The van der Waals surface area contributed by atoms with Crippen LogP contribution >= 0.6 is 123 Å². The average Bonchev–Trinajstić information content (AvgIpc) is 0.844. The van der Waals surface area contributed by atoms with E-state index in [1.54, 1.807) is 116 Å².